The molecule has 2 bridgehead atoms. The van der Waals surface area contributed by atoms with E-state index in [1.165, 1.54) is 23.2 Å². The van der Waals surface area contributed by atoms with Gasteiger partial charge in [-0.2, -0.15) is 27.1 Å². The summed E-state index contributed by atoms with van der Waals surface area (Å²) in [7, 11) is 0. The van der Waals surface area contributed by atoms with Gasteiger partial charge in [-0.05, 0) is 44.0 Å². The van der Waals surface area contributed by atoms with Crippen LogP contribution in [0.1, 0.15) is 55.7 Å². The summed E-state index contributed by atoms with van der Waals surface area (Å²) in [5.74, 6) is -0.825. The van der Waals surface area contributed by atoms with Gasteiger partial charge in [0.25, 0.3) is 5.56 Å². The Hall–Kier alpha value is -5.28. The molecule has 0 radical (unpaired) electrons. The van der Waals surface area contributed by atoms with E-state index in [4.69, 9.17) is 0 Å². The quantitative estimate of drug-likeness (QED) is 0.246. The lowest BCUT2D eigenvalue weighted by molar-refractivity contribution is -0.141. The highest BCUT2D eigenvalue weighted by Crippen LogP contribution is 2.34. The van der Waals surface area contributed by atoms with Gasteiger partial charge in [-0.1, -0.05) is 30.2 Å². The number of amides is 1. The molecule has 1 N–H and O–H groups in total. The Kier molecular flexibility index (Phi) is 7.96. The number of alkyl halides is 5. The van der Waals surface area contributed by atoms with Crippen molar-refractivity contribution in [3.8, 4) is 28.2 Å². The molecule has 1 aliphatic rings. The lowest BCUT2D eigenvalue weighted by atomic mass is 9.97. The number of fused-ring (bicyclic) bond motifs is 4. The number of benzene rings is 1. The average Bonchev–Trinajstić information content (AvgIpc) is 3.68. The lowest BCUT2D eigenvalue weighted by Gasteiger charge is -2.22. The first kappa shape index (κ1) is 30.7. The van der Waals surface area contributed by atoms with Crippen molar-refractivity contribution in [2.24, 2.45) is 5.92 Å². The molecular weight excluding hydrogens is 613 g/mol. The Balaban J connectivity index is 1.42. The van der Waals surface area contributed by atoms with Crippen LogP contribution in [0.15, 0.2) is 66.1 Å². The van der Waals surface area contributed by atoms with Gasteiger partial charge in [0.15, 0.2) is 5.69 Å². The maximum atomic E-state index is 13.7. The minimum Gasteiger partial charge on any atom is -0.323 e. The predicted octanol–water partition coefficient (Wildman–Crippen LogP) is 5.82. The molecule has 16 heteroatoms. The standard InChI is InChI=1S/C30H26F5N9O2/c1-16-6-7-23(43-14-25(39-41-43)30(33,34)35)19(10-16)20-12-26(45)42(15-37-20)24-5-3-4-17(2)28(46)38-22-13-44(29(31)32)40-27(22)18-8-9-36-21(24)11-18/h6-15,17,24,29H,3-5H2,1-2H3,(H,38,46). The molecule has 46 heavy (non-hydrogen) atoms. The largest absolute Gasteiger partial charge is 0.436 e. The normalized spacial score (nSPS) is 17.3. The van der Waals surface area contributed by atoms with Gasteiger partial charge in [0.05, 0.1) is 47.5 Å². The third kappa shape index (κ3) is 6.01. The number of carbonyl (C=O) groups excluding carboxylic acids is 1. The molecule has 2 atom stereocenters. The Morgan fingerprint density at radius 2 is 1.83 bits per heavy atom. The van der Waals surface area contributed by atoms with E-state index in [1.807, 2.05) is 0 Å². The fraction of sp³-hybridized carbons (Fsp3) is 0.300. The van der Waals surface area contributed by atoms with Crippen molar-refractivity contribution in [1.29, 1.82) is 0 Å². The summed E-state index contributed by atoms with van der Waals surface area (Å²) in [5.41, 5.74) is 1.05. The van der Waals surface area contributed by atoms with Crippen LogP contribution in [0.5, 0.6) is 0 Å². The Morgan fingerprint density at radius 1 is 1.02 bits per heavy atom. The van der Waals surface area contributed by atoms with Gasteiger partial charge in [-0.3, -0.25) is 19.1 Å². The Labute approximate surface area is 257 Å². The van der Waals surface area contributed by atoms with E-state index in [2.05, 4.69) is 30.7 Å². The van der Waals surface area contributed by atoms with E-state index in [-0.39, 0.29) is 28.7 Å². The second-order valence-corrected chi connectivity index (χ2v) is 11.0. The van der Waals surface area contributed by atoms with Crippen LogP contribution >= 0.6 is 0 Å². The first-order valence-electron chi connectivity index (χ1n) is 14.2. The molecule has 5 aromatic rings. The van der Waals surface area contributed by atoms with E-state index in [0.717, 1.165) is 22.6 Å². The van der Waals surface area contributed by atoms with Gasteiger partial charge in [-0.25, -0.2) is 14.3 Å². The zero-order chi connectivity index (χ0) is 32.7. The van der Waals surface area contributed by atoms with E-state index in [1.54, 1.807) is 44.2 Å². The van der Waals surface area contributed by atoms with Crippen molar-refractivity contribution < 1.29 is 26.7 Å². The molecule has 11 nitrogen and oxygen atoms in total. The fourth-order valence-electron chi connectivity index (χ4n) is 5.37. The third-order valence-electron chi connectivity index (χ3n) is 7.78. The summed E-state index contributed by atoms with van der Waals surface area (Å²) < 4.78 is 69.6. The summed E-state index contributed by atoms with van der Waals surface area (Å²) in [5, 5.41) is 13.6. The van der Waals surface area contributed by atoms with Crippen molar-refractivity contribution in [2.45, 2.75) is 51.9 Å². The molecule has 0 spiro atoms. The minimum atomic E-state index is -4.69. The molecule has 1 amide bonds. The highest BCUT2D eigenvalue weighted by Gasteiger charge is 2.35. The second kappa shape index (κ2) is 11.9. The number of rotatable bonds is 4. The van der Waals surface area contributed by atoms with Gasteiger partial charge in [-0.15, -0.1) is 5.10 Å². The van der Waals surface area contributed by atoms with Gasteiger partial charge in [0, 0.05) is 29.3 Å². The third-order valence-corrected chi connectivity index (χ3v) is 7.78. The van der Waals surface area contributed by atoms with E-state index in [9.17, 15) is 31.5 Å². The molecule has 0 saturated carbocycles. The first-order chi connectivity index (χ1) is 21.9. The number of carbonyl (C=O) groups is 1. The van der Waals surface area contributed by atoms with Crippen LogP contribution in [0.3, 0.4) is 0 Å². The summed E-state index contributed by atoms with van der Waals surface area (Å²) in [6, 6.07) is 8.77. The Morgan fingerprint density at radius 3 is 2.54 bits per heavy atom. The predicted molar refractivity (Wildman–Crippen MR) is 155 cm³/mol. The lowest BCUT2D eigenvalue weighted by Crippen LogP contribution is -2.27. The highest BCUT2D eigenvalue weighted by atomic mass is 19.4. The number of aromatic nitrogens is 8. The van der Waals surface area contributed by atoms with Gasteiger partial charge in [0.2, 0.25) is 5.91 Å². The fourth-order valence-corrected chi connectivity index (χ4v) is 5.37. The van der Waals surface area contributed by atoms with Crippen LogP contribution in [-0.2, 0) is 11.0 Å². The Bertz CT molecular complexity index is 1980. The zero-order valence-electron chi connectivity index (χ0n) is 24.4. The number of anilines is 1. The maximum Gasteiger partial charge on any atom is 0.436 e. The number of hydrogen-bond acceptors (Lipinski definition) is 7. The highest BCUT2D eigenvalue weighted by molar-refractivity contribution is 5.95. The number of hydrogen-bond donors (Lipinski definition) is 1. The summed E-state index contributed by atoms with van der Waals surface area (Å²) in [4.78, 5) is 35.6. The average molecular weight is 640 g/mol. The molecular formula is C30H26F5N9O2. The van der Waals surface area contributed by atoms with Crippen LogP contribution < -0.4 is 10.9 Å². The first-order valence-corrected chi connectivity index (χ1v) is 14.2. The molecule has 1 aromatic carbocycles. The van der Waals surface area contributed by atoms with E-state index < -0.39 is 35.9 Å². The molecule has 5 heterocycles. The van der Waals surface area contributed by atoms with Gasteiger partial charge < -0.3 is 5.32 Å². The summed E-state index contributed by atoms with van der Waals surface area (Å²) >= 11 is 0. The van der Waals surface area contributed by atoms with E-state index in [0.29, 0.717) is 40.8 Å². The van der Waals surface area contributed by atoms with Gasteiger partial charge >= 0.3 is 12.7 Å². The minimum absolute atomic E-state index is 0.123. The SMILES string of the molecule is Cc1ccc(-n2cc(C(F)(F)F)nn2)c(-c2cc(=O)n(C3CCCC(C)C(=O)Nc4cn(C(F)F)nc4-c4ccnc3c4)cn2)c1. The van der Waals surface area contributed by atoms with Gasteiger partial charge in [0.1, 0.15) is 5.69 Å². The van der Waals surface area contributed by atoms with Crippen molar-refractivity contribution in [3.05, 3.63) is 88.6 Å². The molecule has 0 fully saturated rings. The zero-order valence-corrected chi connectivity index (χ0v) is 24.4. The van der Waals surface area contributed by atoms with Crippen molar-refractivity contribution in [1.82, 2.24) is 39.3 Å². The van der Waals surface area contributed by atoms with E-state index >= 15 is 0 Å². The molecule has 1 aliphatic heterocycles. The van der Waals surface area contributed by atoms with Crippen LogP contribution in [0.2, 0.25) is 0 Å². The molecule has 2 unspecified atom stereocenters. The van der Waals surface area contributed by atoms with Crippen LogP contribution in [-0.4, -0.2) is 45.2 Å². The number of halogens is 5. The van der Waals surface area contributed by atoms with Crippen LogP contribution in [0.25, 0.3) is 28.2 Å². The van der Waals surface area contributed by atoms with Crippen LogP contribution in [0, 0.1) is 12.8 Å². The number of pyridine rings is 1. The topological polar surface area (TPSA) is 125 Å². The summed E-state index contributed by atoms with van der Waals surface area (Å²) in [6.45, 7) is 0.580. The molecule has 0 saturated heterocycles. The van der Waals surface area contributed by atoms with Crippen molar-refractivity contribution in [3.63, 3.8) is 0 Å². The van der Waals surface area contributed by atoms with Crippen LogP contribution in [0.4, 0.5) is 27.6 Å². The molecule has 0 aliphatic carbocycles. The van der Waals surface area contributed by atoms with Crippen molar-refractivity contribution >= 4 is 11.6 Å². The summed E-state index contributed by atoms with van der Waals surface area (Å²) in [6.07, 6.45) is 1.29. The molecule has 4 aromatic heterocycles. The number of nitrogens with zero attached hydrogens (tertiary/aromatic N) is 8. The smallest absolute Gasteiger partial charge is 0.323 e. The number of aryl methyl sites for hydroxylation is 1. The molecule has 238 valence electrons. The maximum absolute atomic E-state index is 13.7. The monoisotopic (exact) mass is 639 g/mol. The number of nitrogens with one attached hydrogen (secondary N) is 1. The van der Waals surface area contributed by atoms with Crippen molar-refractivity contribution in [2.75, 3.05) is 5.32 Å². The molecule has 6 rings (SSSR count). The second-order valence-electron chi connectivity index (χ2n) is 11.0.